The van der Waals surface area contributed by atoms with Crippen molar-refractivity contribution in [2.45, 2.75) is 57.7 Å². The summed E-state index contributed by atoms with van der Waals surface area (Å²) >= 11 is 0. The maximum atomic E-state index is 14.0. The summed E-state index contributed by atoms with van der Waals surface area (Å²) < 4.78 is 47.6. The van der Waals surface area contributed by atoms with Crippen molar-refractivity contribution in [3.05, 3.63) is 35.9 Å². The minimum Gasteiger partial charge on any atom is -0.396 e. The first kappa shape index (κ1) is 18.9. The lowest BCUT2D eigenvalue weighted by Gasteiger charge is -2.38. The summed E-state index contributed by atoms with van der Waals surface area (Å²) in [5, 5.41) is 0. The molecule has 0 aliphatic rings. The lowest BCUT2D eigenvalue weighted by molar-refractivity contribution is -0.226. The highest BCUT2D eigenvalue weighted by molar-refractivity contribution is 6.70. The third kappa shape index (κ3) is 4.95. The molecular weight excluding hydrogens is 307 g/mol. The molecule has 0 aliphatic heterocycles. The quantitative estimate of drug-likeness (QED) is 0.551. The van der Waals surface area contributed by atoms with Gasteiger partial charge in [-0.15, -0.1) is 0 Å². The van der Waals surface area contributed by atoms with Crippen LogP contribution in [0.15, 0.2) is 35.3 Å². The van der Waals surface area contributed by atoms with Crippen molar-refractivity contribution >= 4 is 14.5 Å². The maximum Gasteiger partial charge on any atom is 0.425 e. The van der Waals surface area contributed by atoms with Crippen LogP contribution in [0.1, 0.15) is 26.3 Å². The van der Waals surface area contributed by atoms with Crippen molar-refractivity contribution < 1.29 is 17.6 Å². The zero-order valence-electron chi connectivity index (χ0n) is 14.0. The summed E-state index contributed by atoms with van der Waals surface area (Å²) in [7, 11) is -2.49. The van der Waals surface area contributed by atoms with Gasteiger partial charge < -0.3 is 4.43 Å². The van der Waals surface area contributed by atoms with Gasteiger partial charge >= 0.3 is 6.18 Å². The van der Waals surface area contributed by atoms with Gasteiger partial charge in [0.15, 0.2) is 8.32 Å². The van der Waals surface area contributed by atoms with Crippen LogP contribution in [0, 0.1) is 0 Å². The largest absolute Gasteiger partial charge is 0.425 e. The summed E-state index contributed by atoms with van der Waals surface area (Å²) in [4.78, 5) is 4.11. The number of benzene rings is 1. The van der Waals surface area contributed by atoms with Crippen LogP contribution >= 0.6 is 0 Å². The molecule has 1 aromatic carbocycles. The van der Waals surface area contributed by atoms with Crippen LogP contribution in [0.5, 0.6) is 0 Å². The van der Waals surface area contributed by atoms with Crippen molar-refractivity contribution in [2.75, 3.05) is 0 Å². The van der Waals surface area contributed by atoms with Gasteiger partial charge in [0, 0.05) is 6.21 Å². The molecule has 0 aromatic heterocycles. The van der Waals surface area contributed by atoms with E-state index in [0.29, 0.717) is 0 Å². The summed E-state index contributed by atoms with van der Waals surface area (Å²) in [6.45, 7) is 10.5. The highest BCUT2D eigenvalue weighted by atomic mass is 28.4. The van der Waals surface area contributed by atoms with E-state index in [4.69, 9.17) is 4.43 Å². The van der Waals surface area contributed by atoms with Crippen molar-refractivity contribution in [3.63, 3.8) is 0 Å². The summed E-state index contributed by atoms with van der Waals surface area (Å²) in [5.41, 5.74) is -3.07. The fourth-order valence-electron chi connectivity index (χ4n) is 1.91. The van der Waals surface area contributed by atoms with E-state index >= 15 is 0 Å². The Morgan fingerprint density at radius 2 is 1.50 bits per heavy atom. The Bertz CT molecular complexity index is 515. The van der Waals surface area contributed by atoms with Gasteiger partial charge in [-0.25, -0.2) is 0 Å². The van der Waals surface area contributed by atoms with E-state index in [1.807, 2.05) is 0 Å². The van der Waals surface area contributed by atoms with Crippen molar-refractivity contribution in [2.24, 2.45) is 4.99 Å². The Hall–Kier alpha value is -1.14. The number of nitrogens with zero attached hydrogens (tertiary/aromatic N) is 1. The second-order valence-electron chi connectivity index (χ2n) is 7.24. The molecule has 0 aliphatic carbocycles. The number of alkyl halides is 3. The molecule has 0 saturated carbocycles. The van der Waals surface area contributed by atoms with E-state index in [1.54, 1.807) is 58.6 Å². The third-order valence-corrected chi connectivity index (χ3v) is 3.66. The average Bonchev–Trinajstić information content (AvgIpc) is 2.31. The number of rotatable bonds is 4. The molecule has 2 nitrogen and oxygen atoms in total. The number of hydrogen-bond donors (Lipinski definition) is 0. The first-order valence-electron chi connectivity index (χ1n) is 7.16. The molecule has 22 heavy (non-hydrogen) atoms. The van der Waals surface area contributed by atoms with Crippen LogP contribution in [0.2, 0.25) is 19.6 Å². The Morgan fingerprint density at radius 1 is 1.00 bits per heavy atom. The van der Waals surface area contributed by atoms with Gasteiger partial charge in [0.05, 0.1) is 5.54 Å². The van der Waals surface area contributed by atoms with Crippen LogP contribution in [-0.2, 0) is 10.0 Å². The molecule has 0 saturated heterocycles. The Kier molecular flexibility index (Phi) is 5.29. The minimum absolute atomic E-state index is 0.0536. The molecule has 6 heteroatoms. The number of hydrogen-bond acceptors (Lipinski definition) is 2. The van der Waals surface area contributed by atoms with Crippen LogP contribution < -0.4 is 0 Å². The Balaban J connectivity index is 3.55. The molecule has 1 rings (SSSR count). The molecule has 0 radical (unpaired) electrons. The van der Waals surface area contributed by atoms with Crippen LogP contribution in [-0.4, -0.2) is 26.2 Å². The normalized spacial score (nSPS) is 16.8. The Morgan fingerprint density at radius 3 is 1.86 bits per heavy atom. The highest BCUT2D eigenvalue weighted by Gasteiger charge is 2.58. The molecule has 1 unspecified atom stereocenters. The molecule has 1 aromatic rings. The predicted octanol–water partition coefficient (Wildman–Crippen LogP) is 5.17. The Labute approximate surface area is 131 Å². The van der Waals surface area contributed by atoms with E-state index in [2.05, 4.69) is 4.99 Å². The second kappa shape index (κ2) is 6.16. The van der Waals surface area contributed by atoms with Gasteiger partial charge in [0.25, 0.3) is 0 Å². The first-order chi connectivity index (χ1) is 9.77. The van der Waals surface area contributed by atoms with Gasteiger partial charge in [-0.1, -0.05) is 30.3 Å². The molecule has 0 N–H and O–H groups in total. The zero-order valence-corrected chi connectivity index (χ0v) is 15.0. The van der Waals surface area contributed by atoms with Crippen molar-refractivity contribution in [3.8, 4) is 0 Å². The molecule has 0 heterocycles. The number of halogens is 3. The van der Waals surface area contributed by atoms with Crippen LogP contribution in [0.4, 0.5) is 13.2 Å². The summed E-state index contributed by atoms with van der Waals surface area (Å²) in [5.74, 6) is 0. The monoisotopic (exact) mass is 331 g/mol. The highest BCUT2D eigenvalue weighted by Crippen LogP contribution is 2.43. The summed E-state index contributed by atoms with van der Waals surface area (Å²) in [6, 6.07) is 7.70. The predicted molar refractivity (Wildman–Crippen MR) is 86.9 cm³/mol. The van der Waals surface area contributed by atoms with Gasteiger partial charge in [-0.3, -0.25) is 4.99 Å². The van der Waals surface area contributed by atoms with Gasteiger partial charge in [-0.2, -0.15) is 13.2 Å². The van der Waals surface area contributed by atoms with E-state index < -0.39 is 25.6 Å². The van der Waals surface area contributed by atoms with E-state index in [9.17, 15) is 13.2 Å². The SMILES string of the molecule is CC(C)(C)N=CC(O[Si](C)(C)C)(c1ccccc1)C(F)(F)F. The summed E-state index contributed by atoms with van der Waals surface area (Å²) in [6.07, 6.45) is -3.66. The van der Waals surface area contributed by atoms with E-state index in [1.165, 1.54) is 12.1 Å². The lowest BCUT2D eigenvalue weighted by atomic mass is 9.94. The van der Waals surface area contributed by atoms with Crippen molar-refractivity contribution in [1.29, 1.82) is 0 Å². The fraction of sp³-hybridized carbons (Fsp3) is 0.562. The van der Waals surface area contributed by atoms with Gasteiger partial charge in [-0.05, 0) is 46.0 Å². The molecular formula is C16H24F3NOSi. The lowest BCUT2D eigenvalue weighted by Crippen LogP contribution is -2.52. The molecule has 0 bridgehead atoms. The smallest absolute Gasteiger partial charge is 0.396 e. The van der Waals surface area contributed by atoms with E-state index in [-0.39, 0.29) is 5.56 Å². The fourth-order valence-corrected chi connectivity index (χ4v) is 3.16. The maximum absolute atomic E-state index is 14.0. The van der Waals surface area contributed by atoms with E-state index in [0.717, 1.165) is 6.21 Å². The van der Waals surface area contributed by atoms with Crippen LogP contribution in [0.25, 0.3) is 0 Å². The van der Waals surface area contributed by atoms with Gasteiger partial charge in [0.2, 0.25) is 5.60 Å². The average molecular weight is 331 g/mol. The van der Waals surface area contributed by atoms with Crippen LogP contribution in [0.3, 0.4) is 0 Å². The third-order valence-electron chi connectivity index (χ3n) is 2.72. The standard InChI is InChI=1S/C16H24F3NOSi/c1-14(2,3)20-12-15(16(17,18)19,21-22(4,5)6)13-10-8-7-9-11-13/h7-12H,1-6H3. The molecule has 1 atom stereocenters. The zero-order chi connectivity index (χ0) is 17.2. The topological polar surface area (TPSA) is 21.6 Å². The molecule has 0 fully saturated rings. The number of aliphatic imine (C=N–C) groups is 1. The molecule has 0 amide bonds. The molecule has 0 spiro atoms. The first-order valence-corrected chi connectivity index (χ1v) is 10.6. The second-order valence-corrected chi connectivity index (χ2v) is 11.7. The molecule has 124 valence electrons. The van der Waals surface area contributed by atoms with Crippen molar-refractivity contribution in [1.82, 2.24) is 0 Å². The van der Waals surface area contributed by atoms with Gasteiger partial charge in [0.1, 0.15) is 0 Å². The minimum atomic E-state index is -4.59.